The van der Waals surface area contributed by atoms with Gasteiger partial charge in [-0.05, 0) is 92.6 Å². The third kappa shape index (κ3) is 3.44. The molecule has 34 heavy (non-hydrogen) atoms. The summed E-state index contributed by atoms with van der Waals surface area (Å²) in [5, 5.41) is 29.0. The minimum atomic E-state index is -0.646. The lowest BCUT2D eigenvalue weighted by molar-refractivity contribution is -0.127. The Morgan fingerprint density at radius 3 is 2.35 bits per heavy atom. The molecule has 4 aliphatic carbocycles. The number of esters is 1. The van der Waals surface area contributed by atoms with Gasteiger partial charge in [-0.25, -0.2) is 4.79 Å². The number of Topliss-reactive ketones (excluding diaryl/α,β-unsaturated/α-hetero) is 1. The fourth-order valence-corrected chi connectivity index (χ4v) is 8.34. The zero-order chi connectivity index (χ0) is 24.4. The van der Waals surface area contributed by atoms with E-state index in [0.717, 1.165) is 57.1 Å². The van der Waals surface area contributed by atoms with Crippen molar-refractivity contribution in [2.45, 2.75) is 78.2 Å². The number of hydrogen-bond donors (Lipinski definition) is 3. The van der Waals surface area contributed by atoms with Crippen LogP contribution in [0.1, 0.15) is 82.5 Å². The second-order valence-corrected chi connectivity index (χ2v) is 11.7. The van der Waals surface area contributed by atoms with Crippen LogP contribution in [0.3, 0.4) is 0 Å². The van der Waals surface area contributed by atoms with Crippen LogP contribution in [0, 0.1) is 34.5 Å². The van der Waals surface area contributed by atoms with Gasteiger partial charge in [0.1, 0.15) is 11.9 Å². The normalized spacial score (nSPS) is 38.8. The van der Waals surface area contributed by atoms with Crippen molar-refractivity contribution in [1.82, 2.24) is 0 Å². The maximum Gasteiger partial charge on any atom is 0.338 e. The van der Waals surface area contributed by atoms with Crippen LogP contribution in [-0.4, -0.2) is 33.2 Å². The number of ketones is 1. The van der Waals surface area contributed by atoms with Crippen molar-refractivity contribution < 1.29 is 29.6 Å². The third-order valence-corrected chi connectivity index (χ3v) is 10.1. The molecule has 0 amide bonds. The smallest absolute Gasteiger partial charge is 0.338 e. The molecule has 0 spiro atoms. The zero-order valence-corrected chi connectivity index (χ0v) is 20.3. The van der Waals surface area contributed by atoms with E-state index in [0.29, 0.717) is 30.0 Å². The van der Waals surface area contributed by atoms with Crippen molar-refractivity contribution >= 4 is 11.8 Å². The van der Waals surface area contributed by atoms with Gasteiger partial charge in [-0.2, -0.15) is 0 Å². The van der Waals surface area contributed by atoms with Gasteiger partial charge in [-0.15, -0.1) is 0 Å². The predicted octanol–water partition coefficient (Wildman–Crippen LogP) is 5.50. The van der Waals surface area contributed by atoms with E-state index in [1.165, 1.54) is 5.57 Å². The van der Waals surface area contributed by atoms with Crippen LogP contribution in [0.15, 0.2) is 23.8 Å². The molecule has 0 saturated heterocycles. The first-order valence-corrected chi connectivity index (χ1v) is 12.7. The average molecular weight is 469 g/mol. The van der Waals surface area contributed by atoms with Crippen LogP contribution in [0.25, 0.3) is 0 Å². The molecule has 6 heteroatoms. The minimum Gasteiger partial charge on any atom is -0.504 e. The zero-order valence-electron chi connectivity index (χ0n) is 20.3. The first-order valence-electron chi connectivity index (χ1n) is 12.7. The molecule has 1 aromatic rings. The number of ether oxygens (including phenoxy) is 1. The molecule has 0 aliphatic heterocycles. The van der Waals surface area contributed by atoms with E-state index in [1.807, 2.05) is 0 Å². The van der Waals surface area contributed by atoms with Crippen molar-refractivity contribution in [3.63, 3.8) is 0 Å². The lowest BCUT2D eigenvalue weighted by atomic mass is 9.47. The molecular formula is C28H36O6. The maximum atomic E-state index is 12.7. The molecule has 184 valence electrons. The standard InChI is InChI=1S/C28H36O6/c1-15(29)20-6-7-21-19-5-4-17-14-18(8-10-27(17,2)22(19)9-11-28(20,21)3)34-26(33)16-12-23(30)25(32)24(31)13-16/h4,12-13,18-22,30-32H,5-11,14H2,1-3H3/t18-,19-,20+,21-,22-,27-,28+/m0/s1. The van der Waals surface area contributed by atoms with Gasteiger partial charge in [0.05, 0.1) is 5.56 Å². The second-order valence-electron chi connectivity index (χ2n) is 11.7. The van der Waals surface area contributed by atoms with Gasteiger partial charge in [-0.3, -0.25) is 4.79 Å². The van der Waals surface area contributed by atoms with Crippen molar-refractivity contribution in [3.8, 4) is 17.2 Å². The topological polar surface area (TPSA) is 104 Å². The summed E-state index contributed by atoms with van der Waals surface area (Å²) in [5.41, 5.74) is 1.66. The number of fused-ring (bicyclic) bond motifs is 5. The van der Waals surface area contributed by atoms with E-state index in [2.05, 4.69) is 19.9 Å². The number of carbonyl (C=O) groups is 2. The van der Waals surface area contributed by atoms with Gasteiger partial charge in [0.2, 0.25) is 0 Å². The largest absolute Gasteiger partial charge is 0.504 e. The van der Waals surface area contributed by atoms with Gasteiger partial charge in [0.25, 0.3) is 0 Å². The number of aromatic hydroxyl groups is 3. The molecule has 4 aliphatic rings. The quantitative estimate of drug-likeness (QED) is 0.308. The average Bonchev–Trinajstić information content (AvgIpc) is 3.15. The summed E-state index contributed by atoms with van der Waals surface area (Å²) in [6, 6.07) is 2.23. The number of allylic oxidation sites excluding steroid dienone is 1. The van der Waals surface area contributed by atoms with E-state index in [1.54, 1.807) is 6.92 Å². The van der Waals surface area contributed by atoms with Crippen LogP contribution in [0.2, 0.25) is 0 Å². The fraction of sp³-hybridized carbons (Fsp3) is 0.643. The number of hydrogen-bond acceptors (Lipinski definition) is 6. The summed E-state index contributed by atoms with van der Waals surface area (Å²) in [5.74, 6) is 0.0678. The Balaban J connectivity index is 1.31. The number of phenolic OH excluding ortho intramolecular Hbond substituents is 3. The van der Waals surface area contributed by atoms with E-state index in [9.17, 15) is 24.9 Å². The summed E-state index contributed by atoms with van der Waals surface area (Å²) in [7, 11) is 0. The van der Waals surface area contributed by atoms with Crippen molar-refractivity contribution in [3.05, 3.63) is 29.3 Å². The second kappa shape index (κ2) is 8.03. The molecule has 7 atom stereocenters. The highest BCUT2D eigenvalue weighted by Crippen LogP contribution is 2.66. The molecule has 1 aromatic carbocycles. The minimum absolute atomic E-state index is 0.0200. The number of carbonyl (C=O) groups excluding carboxylic acids is 2. The Bertz CT molecular complexity index is 1040. The molecule has 3 fully saturated rings. The van der Waals surface area contributed by atoms with Crippen LogP contribution in [0.5, 0.6) is 17.2 Å². The molecule has 3 N–H and O–H groups in total. The highest BCUT2D eigenvalue weighted by Gasteiger charge is 2.59. The number of benzene rings is 1. The Hall–Kier alpha value is -2.50. The van der Waals surface area contributed by atoms with Gasteiger partial charge >= 0.3 is 5.97 Å². The third-order valence-electron chi connectivity index (χ3n) is 10.1. The molecular weight excluding hydrogens is 432 g/mol. The molecule has 0 unspecified atom stereocenters. The summed E-state index contributed by atoms with van der Waals surface area (Å²) in [4.78, 5) is 25.0. The summed E-state index contributed by atoms with van der Waals surface area (Å²) >= 11 is 0. The Morgan fingerprint density at radius 2 is 1.68 bits per heavy atom. The molecule has 0 aromatic heterocycles. The van der Waals surface area contributed by atoms with E-state index < -0.39 is 23.2 Å². The van der Waals surface area contributed by atoms with Crippen molar-refractivity contribution in [1.29, 1.82) is 0 Å². The SMILES string of the molecule is CC(=O)[C@H]1CC[C@H]2[C@@H]3CC=C4C[C@@H](OC(=O)c5cc(O)c(O)c(O)c5)CC[C@]4(C)[C@H]3CC[C@]12C. The molecule has 0 bridgehead atoms. The first kappa shape index (κ1) is 23.3. The Labute approximate surface area is 201 Å². The number of phenols is 3. The van der Waals surface area contributed by atoms with Gasteiger partial charge < -0.3 is 20.1 Å². The van der Waals surface area contributed by atoms with Crippen LogP contribution < -0.4 is 0 Å². The predicted molar refractivity (Wildman–Crippen MR) is 127 cm³/mol. The summed E-state index contributed by atoms with van der Waals surface area (Å²) < 4.78 is 5.76. The summed E-state index contributed by atoms with van der Waals surface area (Å²) in [6.45, 7) is 6.53. The lowest BCUT2D eigenvalue weighted by Crippen LogP contribution is -2.51. The molecule has 3 saturated carbocycles. The molecule has 5 rings (SSSR count). The Morgan fingerprint density at radius 1 is 0.971 bits per heavy atom. The lowest BCUT2D eigenvalue weighted by Gasteiger charge is -2.58. The monoisotopic (exact) mass is 468 g/mol. The van der Waals surface area contributed by atoms with Gasteiger partial charge in [0.15, 0.2) is 17.2 Å². The van der Waals surface area contributed by atoms with Gasteiger partial charge in [0, 0.05) is 12.3 Å². The molecule has 0 heterocycles. The Kier molecular flexibility index (Phi) is 5.49. The van der Waals surface area contributed by atoms with Crippen LogP contribution in [0.4, 0.5) is 0 Å². The highest BCUT2D eigenvalue weighted by molar-refractivity contribution is 5.91. The van der Waals surface area contributed by atoms with E-state index in [4.69, 9.17) is 4.74 Å². The molecule has 0 radical (unpaired) electrons. The maximum absolute atomic E-state index is 12.7. The number of rotatable bonds is 3. The highest BCUT2D eigenvalue weighted by atomic mass is 16.5. The van der Waals surface area contributed by atoms with Crippen molar-refractivity contribution in [2.75, 3.05) is 0 Å². The summed E-state index contributed by atoms with van der Waals surface area (Å²) in [6.07, 6.45) is 10.1. The van der Waals surface area contributed by atoms with E-state index >= 15 is 0 Å². The van der Waals surface area contributed by atoms with Crippen LogP contribution >= 0.6 is 0 Å². The first-order chi connectivity index (χ1) is 16.0. The van der Waals surface area contributed by atoms with Crippen LogP contribution in [-0.2, 0) is 9.53 Å². The molecule has 6 nitrogen and oxygen atoms in total. The fourth-order valence-electron chi connectivity index (χ4n) is 8.34. The van der Waals surface area contributed by atoms with E-state index in [-0.39, 0.29) is 28.4 Å². The van der Waals surface area contributed by atoms with Gasteiger partial charge in [-0.1, -0.05) is 25.5 Å². The van der Waals surface area contributed by atoms with Crippen molar-refractivity contribution in [2.24, 2.45) is 34.5 Å².